The first kappa shape index (κ1) is 27.3. The molecule has 1 aliphatic carbocycles. The Bertz CT molecular complexity index is 1520. The summed E-state index contributed by atoms with van der Waals surface area (Å²) in [4.78, 5) is 26.0. The van der Waals surface area contributed by atoms with Crippen molar-refractivity contribution in [1.82, 2.24) is 5.32 Å². The number of aryl methyl sites for hydroxylation is 2. The predicted molar refractivity (Wildman–Crippen MR) is 159 cm³/mol. The molecule has 0 spiro atoms. The number of thioether (sulfide) groups is 1. The van der Waals surface area contributed by atoms with Crippen molar-refractivity contribution in [2.75, 3.05) is 11.1 Å². The van der Waals surface area contributed by atoms with E-state index in [1.807, 2.05) is 86.6 Å². The molecule has 1 amide bonds. The van der Waals surface area contributed by atoms with Gasteiger partial charge in [0.15, 0.2) is 5.78 Å². The molecular formula is C33H31N3O3S. The summed E-state index contributed by atoms with van der Waals surface area (Å²) in [6.07, 6.45) is 1.96. The largest absolute Gasteiger partial charge is 0.489 e. The number of anilines is 1. The van der Waals surface area contributed by atoms with E-state index in [9.17, 15) is 14.9 Å². The van der Waals surface area contributed by atoms with Gasteiger partial charge in [-0.3, -0.25) is 9.59 Å². The van der Waals surface area contributed by atoms with E-state index in [0.29, 0.717) is 35.0 Å². The Balaban J connectivity index is 1.37. The molecule has 1 heterocycles. The summed E-state index contributed by atoms with van der Waals surface area (Å²) in [7, 11) is 0. The number of ketones is 1. The third kappa shape index (κ3) is 5.98. The number of benzene rings is 3. The van der Waals surface area contributed by atoms with Gasteiger partial charge >= 0.3 is 0 Å². The summed E-state index contributed by atoms with van der Waals surface area (Å²) >= 11 is 1.30. The molecule has 0 aromatic heterocycles. The fourth-order valence-corrected chi connectivity index (χ4v) is 6.05. The van der Waals surface area contributed by atoms with Crippen LogP contribution in [0.5, 0.6) is 5.75 Å². The van der Waals surface area contributed by atoms with Crippen LogP contribution in [0.25, 0.3) is 0 Å². The van der Waals surface area contributed by atoms with Crippen molar-refractivity contribution in [2.24, 2.45) is 0 Å². The van der Waals surface area contributed by atoms with Gasteiger partial charge in [-0.15, -0.1) is 0 Å². The molecule has 40 heavy (non-hydrogen) atoms. The van der Waals surface area contributed by atoms with Gasteiger partial charge in [0.1, 0.15) is 12.4 Å². The average molecular weight is 550 g/mol. The van der Waals surface area contributed by atoms with E-state index >= 15 is 0 Å². The topological polar surface area (TPSA) is 91.2 Å². The number of Topliss-reactive ketones (excluding diaryl/α,β-unsaturated/α-hetero) is 1. The monoisotopic (exact) mass is 549 g/mol. The molecule has 6 nitrogen and oxygen atoms in total. The van der Waals surface area contributed by atoms with E-state index < -0.39 is 5.92 Å². The standard InChI is InChI=1S/C33H31N3O3S/c1-21-8-6-9-22(2)32(21)36-29(38)20-40-33-26(18-34)30(31-27(35-33)12-7-13-28(31)37)24-14-16-25(17-15-24)39-19-23-10-4-3-5-11-23/h3-6,8-11,14-17,30,35H,7,12-13,19-20H2,1-2H3,(H,36,38)/t30-/m0/s1. The molecule has 3 aromatic carbocycles. The van der Waals surface area contributed by atoms with Crippen molar-refractivity contribution in [3.05, 3.63) is 117 Å². The van der Waals surface area contributed by atoms with Crippen LogP contribution in [-0.4, -0.2) is 17.4 Å². The fourth-order valence-electron chi connectivity index (χ4n) is 5.19. The molecule has 3 aromatic rings. The normalized spacial score (nSPS) is 16.6. The highest BCUT2D eigenvalue weighted by Gasteiger charge is 2.37. The SMILES string of the molecule is Cc1cccc(C)c1NC(=O)CSC1=C(C#N)[C@H](c2ccc(OCc3ccccc3)cc2)C2=C(CCCC2=O)N1. The van der Waals surface area contributed by atoms with Crippen LogP contribution in [0, 0.1) is 25.2 Å². The molecule has 1 aliphatic heterocycles. The van der Waals surface area contributed by atoms with E-state index in [1.165, 1.54) is 11.8 Å². The molecule has 7 heteroatoms. The minimum absolute atomic E-state index is 0.0627. The molecule has 2 N–H and O–H groups in total. The van der Waals surface area contributed by atoms with E-state index in [0.717, 1.165) is 46.5 Å². The Hall–Kier alpha value is -4.28. The zero-order chi connectivity index (χ0) is 28.1. The van der Waals surface area contributed by atoms with Crippen molar-refractivity contribution < 1.29 is 14.3 Å². The number of rotatable bonds is 8. The number of nitrogens with one attached hydrogen (secondary N) is 2. The lowest BCUT2D eigenvalue weighted by Crippen LogP contribution is -2.31. The van der Waals surface area contributed by atoms with E-state index in [4.69, 9.17) is 4.74 Å². The first-order chi connectivity index (χ1) is 19.4. The van der Waals surface area contributed by atoms with Crippen molar-refractivity contribution in [3.63, 3.8) is 0 Å². The number of para-hydroxylation sites is 1. The lowest BCUT2D eigenvalue weighted by molar-refractivity contribution is -0.116. The van der Waals surface area contributed by atoms with Crippen LogP contribution in [0.2, 0.25) is 0 Å². The molecule has 202 valence electrons. The molecule has 0 fully saturated rings. The number of nitriles is 1. The van der Waals surface area contributed by atoms with E-state index in [1.54, 1.807) is 0 Å². The Morgan fingerprint density at radius 1 is 1.02 bits per heavy atom. The quantitative estimate of drug-likeness (QED) is 0.326. The molecule has 0 bridgehead atoms. The Morgan fingerprint density at radius 3 is 2.45 bits per heavy atom. The number of carbonyl (C=O) groups excluding carboxylic acids is 2. The van der Waals surface area contributed by atoms with Crippen molar-refractivity contribution >= 4 is 29.1 Å². The summed E-state index contributed by atoms with van der Waals surface area (Å²) < 4.78 is 5.95. The Kier molecular flexibility index (Phi) is 8.37. The van der Waals surface area contributed by atoms with Gasteiger partial charge in [0, 0.05) is 23.4 Å². The van der Waals surface area contributed by atoms with Crippen molar-refractivity contribution in [3.8, 4) is 11.8 Å². The summed E-state index contributed by atoms with van der Waals surface area (Å²) in [6.45, 7) is 4.38. The average Bonchev–Trinajstić information content (AvgIpc) is 2.97. The molecule has 5 rings (SSSR count). The molecular weight excluding hydrogens is 518 g/mol. The Morgan fingerprint density at radius 2 is 1.75 bits per heavy atom. The molecule has 1 atom stereocenters. The Labute approximate surface area is 239 Å². The van der Waals surface area contributed by atoms with Gasteiger partial charge in [-0.2, -0.15) is 5.26 Å². The zero-order valence-corrected chi connectivity index (χ0v) is 23.4. The highest BCUT2D eigenvalue weighted by atomic mass is 32.2. The zero-order valence-electron chi connectivity index (χ0n) is 22.6. The summed E-state index contributed by atoms with van der Waals surface area (Å²) in [5.74, 6) is 0.279. The summed E-state index contributed by atoms with van der Waals surface area (Å²) in [5, 5.41) is 17.3. The van der Waals surface area contributed by atoms with Crippen LogP contribution in [0.1, 0.15) is 47.4 Å². The van der Waals surface area contributed by atoms with Gasteiger partial charge in [-0.1, -0.05) is 72.4 Å². The summed E-state index contributed by atoms with van der Waals surface area (Å²) in [6, 6.07) is 25.8. The van der Waals surface area contributed by atoms with Gasteiger partial charge < -0.3 is 15.4 Å². The number of ether oxygens (including phenoxy) is 1. The molecule has 0 radical (unpaired) electrons. The number of carbonyl (C=O) groups is 2. The maximum atomic E-state index is 13.1. The van der Waals surface area contributed by atoms with Gasteiger partial charge in [0.25, 0.3) is 0 Å². The second-order valence-corrected chi connectivity index (χ2v) is 11.0. The molecule has 0 unspecified atom stereocenters. The van der Waals surface area contributed by atoms with Crippen LogP contribution in [0.3, 0.4) is 0 Å². The second kappa shape index (κ2) is 12.3. The third-order valence-electron chi connectivity index (χ3n) is 7.22. The van der Waals surface area contributed by atoms with Crippen molar-refractivity contribution in [2.45, 2.75) is 45.6 Å². The van der Waals surface area contributed by atoms with E-state index in [2.05, 4.69) is 16.7 Å². The molecule has 0 saturated heterocycles. The smallest absolute Gasteiger partial charge is 0.234 e. The first-order valence-electron chi connectivity index (χ1n) is 13.4. The van der Waals surface area contributed by atoms with Crippen LogP contribution >= 0.6 is 11.8 Å². The van der Waals surface area contributed by atoms with Gasteiger partial charge in [-0.05, 0) is 61.1 Å². The van der Waals surface area contributed by atoms with Gasteiger partial charge in [0.05, 0.1) is 28.3 Å². The van der Waals surface area contributed by atoms with Gasteiger partial charge in [0.2, 0.25) is 5.91 Å². The third-order valence-corrected chi connectivity index (χ3v) is 8.24. The predicted octanol–water partition coefficient (Wildman–Crippen LogP) is 6.68. The van der Waals surface area contributed by atoms with Crippen LogP contribution < -0.4 is 15.4 Å². The van der Waals surface area contributed by atoms with E-state index in [-0.39, 0.29) is 17.4 Å². The number of hydrogen-bond donors (Lipinski definition) is 2. The number of dihydropyridines is 1. The van der Waals surface area contributed by atoms with Crippen molar-refractivity contribution in [1.29, 1.82) is 5.26 Å². The summed E-state index contributed by atoms with van der Waals surface area (Å²) in [5.41, 5.74) is 6.70. The molecule has 0 saturated carbocycles. The minimum Gasteiger partial charge on any atom is -0.489 e. The van der Waals surface area contributed by atoms with Crippen LogP contribution in [-0.2, 0) is 16.2 Å². The van der Waals surface area contributed by atoms with Gasteiger partial charge in [-0.25, -0.2) is 0 Å². The first-order valence-corrected chi connectivity index (χ1v) is 14.4. The van der Waals surface area contributed by atoms with Crippen LogP contribution in [0.4, 0.5) is 5.69 Å². The number of nitrogens with zero attached hydrogens (tertiary/aromatic N) is 1. The highest BCUT2D eigenvalue weighted by Crippen LogP contribution is 2.44. The lowest BCUT2D eigenvalue weighted by atomic mass is 9.77. The molecule has 2 aliphatic rings. The number of allylic oxidation sites excluding steroid dienone is 3. The van der Waals surface area contributed by atoms with Crippen LogP contribution in [0.15, 0.2) is 94.7 Å². The second-order valence-electron chi connectivity index (χ2n) is 10.0. The maximum Gasteiger partial charge on any atom is 0.234 e. The maximum absolute atomic E-state index is 13.1. The minimum atomic E-state index is -0.485. The number of hydrogen-bond acceptors (Lipinski definition) is 6. The fraction of sp³-hybridized carbons (Fsp3) is 0.242. The number of amides is 1. The highest BCUT2D eigenvalue weighted by molar-refractivity contribution is 8.03. The lowest BCUT2D eigenvalue weighted by Gasteiger charge is -2.33.